The number of amides is 2. The fourth-order valence-corrected chi connectivity index (χ4v) is 3.36. The zero-order valence-electron chi connectivity index (χ0n) is 18.0. The monoisotopic (exact) mass is 505 g/mol. The van der Waals surface area contributed by atoms with Crippen LogP contribution in [0.5, 0.6) is 5.75 Å². The van der Waals surface area contributed by atoms with E-state index in [2.05, 4.69) is 33.5 Å². The molecule has 0 heterocycles. The fourth-order valence-electron chi connectivity index (χ4n) is 2.65. The molecule has 0 aliphatic heterocycles. The van der Waals surface area contributed by atoms with Crippen LogP contribution >= 0.6 is 28.1 Å². The summed E-state index contributed by atoms with van der Waals surface area (Å²) in [5.74, 6) is 0.494. The number of hydrogen-bond donors (Lipinski definition) is 2. The molecule has 31 heavy (non-hydrogen) atoms. The predicted molar refractivity (Wildman–Crippen MR) is 132 cm³/mol. The number of carbonyl (C=O) groups is 2. The number of carbonyl (C=O) groups excluding carboxylic acids is 2. The number of thiocarbonyl (C=S) groups is 1. The molecule has 2 aromatic rings. The minimum atomic E-state index is -0.308. The van der Waals surface area contributed by atoms with Gasteiger partial charge in [0.25, 0.3) is 5.91 Å². The highest BCUT2D eigenvalue weighted by atomic mass is 79.9. The van der Waals surface area contributed by atoms with Crippen molar-refractivity contribution in [3.05, 3.63) is 58.1 Å². The van der Waals surface area contributed by atoms with E-state index in [1.165, 1.54) is 0 Å². The number of halogens is 1. The van der Waals surface area contributed by atoms with Crippen LogP contribution in [0.15, 0.2) is 46.9 Å². The number of anilines is 1. The summed E-state index contributed by atoms with van der Waals surface area (Å²) < 4.78 is 6.41. The average Bonchev–Trinajstić information content (AvgIpc) is 2.74. The molecule has 0 aliphatic rings. The van der Waals surface area contributed by atoms with Crippen molar-refractivity contribution in [2.24, 2.45) is 0 Å². The van der Waals surface area contributed by atoms with Crippen LogP contribution in [0.25, 0.3) is 0 Å². The maximum atomic E-state index is 12.5. The molecule has 0 aliphatic carbocycles. The first kappa shape index (κ1) is 24.8. The Morgan fingerprint density at radius 3 is 2.45 bits per heavy atom. The van der Waals surface area contributed by atoms with Gasteiger partial charge in [0, 0.05) is 31.8 Å². The molecule has 0 aromatic heterocycles. The quantitative estimate of drug-likeness (QED) is 0.379. The van der Waals surface area contributed by atoms with E-state index in [1.807, 2.05) is 24.3 Å². The Morgan fingerprint density at radius 2 is 1.84 bits per heavy atom. The topological polar surface area (TPSA) is 70.7 Å². The van der Waals surface area contributed by atoms with Crippen LogP contribution < -0.4 is 15.4 Å². The van der Waals surface area contributed by atoms with Gasteiger partial charge in [0.05, 0.1) is 11.1 Å². The predicted octanol–water partition coefficient (Wildman–Crippen LogP) is 4.78. The highest BCUT2D eigenvalue weighted by Gasteiger charge is 2.11. The van der Waals surface area contributed by atoms with Crippen molar-refractivity contribution in [1.82, 2.24) is 10.2 Å². The Hall–Kier alpha value is -2.45. The molecular formula is C23H28BrN3O3S. The van der Waals surface area contributed by atoms with Crippen molar-refractivity contribution < 1.29 is 14.3 Å². The van der Waals surface area contributed by atoms with Crippen LogP contribution in [0.2, 0.25) is 0 Å². The highest BCUT2D eigenvalue weighted by Crippen LogP contribution is 2.26. The number of unbranched alkanes of at least 4 members (excludes halogenated alkanes) is 1. The number of hydrogen-bond acceptors (Lipinski definition) is 4. The van der Waals surface area contributed by atoms with E-state index in [0.717, 1.165) is 28.6 Å². The Kier molecular flexibility index (Phi) is 9.94. The van der Waals surface area contributed by atoms with Crippen molar-refractivity contribution >= 4 is 50.8 Å². The fraction of sp³-hybridized carbons (Fsp3) is 0.348. The summed E-state index contributed by atoms with van der Waals surface area (Å²) >= 11 is 8.71. The van der Waals surface area contributed by atoms with Gasteiger partial charge in [-0.1, -0.05) is 25.5 Å². The second kappa shape index (κ2) is 12.4. The lowest BCUT2D eigenvalue weighted by atomic mass is 10.1. The van der Waals surface area contributed by atoms with E-state index in [1.54, 1.807) is 37.2 Å². The Morgan fingerprint density at radius 1 is 1.13 bits per heavy atom. The maximum Gasteiger partial charge on any atom is 0.257 e. The van der Waals surface area contributed by atoms with Gasteiger partial charge in [0.15, 0.2) is 5.11 Å². The largest absolute Gasteiger partial charge is 0.492 e. The first-order chi connectivity index (χ1) is 14.8. The van der Waals surface area contributed by atoms with Gasteiger partial charge in [0.2, 0.25) is 5.91 Å². The van der Waals surface area contributed by atoms with Gasteiger partial charge in [-0.3, -0.25) is 14.9 Å². The van der Waals surface area contributed by atoms with Crippen LogP contribution in [0.1, 0.15) is 42.1 Å². The van der Waals surface area contributed by atoms with Crippen molar-refractivity contribution in [2.75, 3.05) is 26.0 Å². The molecule has 8 heteroatoms. The normalized spacial score (nSPS) is 10.3. The van der Waals surface area contributed by atoms with Crippen LogP contribution in [0.4, 0.5) is 5.69 Å². The number of rotatable bonds is 9. The molecule has 0 bridgehead atoms. The van der Waals surface area contributed by atoms with Gasteiger partial charge in [-0.15, -0.1) is 0 Å². The van der Waals surface area contributed by atoms with Crippen molar-refractivity contribution in [3.8, 4) is 5.75 Å². The molecule has 0 spiro atoms. The molecule has 2 aromatic carbocycles. The molecule has 6 nitrogen and oxygen atoms in total. The van der Waals surface area contributed by atoms with Crippen LogP contribution in [0.3, 0.4) is 0 Å². The lowest BCUT2D eigenvalue weighted by Gasteiger charge is -2.12. The van der Waals surface area contributed by atoms with E-state index >= 15 is 0 Å². The van der Waals surface area contributed by atoms with Crippen LogP contribution in [-0.4, -0.2) is 42.5 Å². The van der Waals surface area contributed by atoms with Gasteiger partial charge < -0.3 is 15.0 Å². The van der Waals surface area contributed by atoms with Gasteiger partial charge in [-0.2, -0.15) is 0 Å². The third kappa shape index (κ3) is 8.30. The molecule has 0 atom stereocenters. The second-order valence-electron chi connectivity index (χ2n) is 7.24. The Labute approximate surface area is 197 Å². The minimum absolute atomic E-state index is 0.0956. The van der Waals surface area contributed by atoms with E-state index in [9.17, 15) is 9.59 Å². The lowest BCUT2D eigenvalue weighted by Crippen LogP contribution is -2.34. The Balaban J connectivity index is 1.87. The molecule has 2 rings (SSSR count). The van der Waals surface area contributed by atoms with E-state index in [-0.39, 0.29) is 16.9 Å². The molecule has 0 saturated carbocycles. The molecule has 0 fully saturated rings. The molecular weight excluding hydrogens is 478 g/mol. The molecule has 0 unspecified atom stereocenters. The highest BCUT2D eigenvalue weighted by molar-refractivity contribution is 9.10. The summed E-state index contributed by atoms with van der Waals surface area (Å²) in [5.41, 5.74) is 2.29. The maximum absolute atomic E-state index is 12.5. The third-order valence-corrected chi connectivity index (χ3v) is 5.34. The molecule has 0 radical (unpaired) electrons. The third-order valence-electron chi connectivity index (χ3n) is 4.51. The first-order valence-electron chi connectivity index (χ1n) is 10.1. The molecule has 0 saturated heterocycles. The number of aryl methyl sites for hydroxylation is 1. The number of nitrogens with zero attached hydrogens (tertiary/aromatic N) is 1. The SMILES string of the molecule is CCCCOc1ccc(C(=O)NC(=S)Nc2ccc(CCC(=O)N(C)C)cc2)cc1Br. The Bertz CT molecular complexity index is 917. The summed E-state index contributed by atoms with van der Waals surface area (Å²) in [4.78, 5) is 25.8. The zero-order chi connectivity index (χ0) is 22.8. The summed E-state index contributed by atoms with van der Waals surface area (Å²) in [6, 6.07) is 12.8. The van der Waals surface area contributed by atoms with Crippen molar-refractivity contribution in [2.45, 2.75) is 32.6 Å². The first-order valence-corrected chi connectivity index (χ1v) is 11.3. The number of benzene rings is 2. The zero-order valence-corrected chi connectivity index (χ0v) is 20.4. The van der Waals surface area contributed by atoms with Crippen LogP contribution in [-0.2, 0) is 11.2 Å². The number of ether oxygens (including phenoxy) is 1. The molecule has 2 amide bonds. The van der Waals surface area contributed by atoms with E-state index in [0.29, 0.717) is 30.8 Å². The van der Waals surface area contributed by atoms with Gasteiger partial charge in [-0.25, -0.2) is 0 Å². The summed E-state index contributed by atoms with van der Waals surface area (Å²) in [7, 11) is 3.50. The second-order valence-corrected chi connectivity index (χ2v) is 8.50. The summed E-state index contributed by atoms with van der Waals surface area (Å²) in [6.45, 7) is 2.74. The standard InChI is InChI=1S/C23H28BrN3O3S/c1-4-5-14-30-20-12-9-17(15-19(20)24)22(29)26-23(31)25-18-10-6-16(7-11-18)8-13-21(28)27(2)3/h6-7,9-12,15H,4-5,8,13-14H2,1-3H3,(H2,25,26,29,31). The van der Waals surface area contributed by atoms with Crippen LogP contribution in [0, 0.1) is 0 Å². The van der Waals surface area contributed by atoms with Crippen molar-refractivity contribution in [3.63, 3.8) is 0 Å². The molecule has 166 valence electrons. The van der Waals surface area contributed by atoms with Gasteiger partial charge in [-0.05, 0) is 76.9 Å². The van der Waals surface area contributed by atoms with E-state index in [4.69, 9.17) is 17.0 Å². The average molecular weight is 506 g/mol. The van der Waals surface area contributed by atoms with E-state index < -0.39 is 0 Å². The summed E-state index contributed by atoms with van der Waals surface area (Å²) in [5, 5.41) is 5.89. The number of nitrogens with one attached hydrogen (secondary N) is 2. The molecule has 2 N–H and O–H groups in total. The smallest absolute Gasteiger partial charge is 0.257 e. The van der Waals surface area contributed by atoms with Crippen molar-refractivity contribution in [1.29, 1.82) is 0 Å². The van der Waals surface area contributed by atoms with Gasteiger partial charge in [0.1, 0.15) is 5.75 Å². The lowest BCUT2D eigenvalue weighted by molar-refractivity contribution is -0.128. The summed E-state index contributed by atoms with van der Waals surface area (Å²) in [6.07, 6.45) is 3.17. The van der Waals surface area contributed by atoms with Gasteiger partial charge >= 0.3 is 0 Å². The minimum Gasteiger partial charge on any atom is -0.492 e.